The third-order valence-electron chi connectivity index (χ3n) is 4.54. The Bertz CT molecular complexity index is 817. The Labute approximate surface area is 162 Å². The molecule has 0 spiro atoms. The van der Waals surface area contributed by atoms with E-state index < -0.39 is 5.97 Å². The first-order chi connectivity index (χ1) is 13.0. The number of ether oxygens (including phenoxy) is 1. The van der Waals surface area contributed by atoms with Crippen LogP contribution in [0.25, 0.3) is 0 Å². The summed E-state index contributed by atoms with van der Waals surface area (Å²) in [5, 5.41) is 12.1. The van der Waals surface area contributed by atoms with Crippen molar-refractivity contribution in [2.45, 2.75) is 38.2 Å². The van der Waals surface area contributed by atoms with Crippen molar-refractivity contribution in [3.8, 4) is 5.88 Å². The number of aromatic carboxylic acids is 1. The molecule has 0 aliphatic heterocycles. The van der Waals surface area contributed by atoms with Gasteiger partial charge in [-0.05, 0) is 55.9 Å². The fraction of sp³-hybridized carbons (Fsp3) is 0.350. The number of carbonyl (C=O) groups is 2. The van der Waals surface area contributed by atoms with Gasteiger partial charge in [0.25, 0.3) is 5.91 Å². The van der Waals surface area contributed by atoms with Crippen molar-refractivity contribution in [3.63, 3.8) is 0 Å². The molecule has 1 heterocycles. The van der Waals surface area contributed by atoms with Crippen LogP contribution in [0.1, 0.15) is 52.0 Å². The summed E-state index contributed by atoms with van der Waals surface area (Å²) >= 11 is 6.00. The van der Waals surface area contributed by atoms with Gasteiger partial charge in [0.05, 0.1) is 10.6 Å². The van der Waals surface area contributed by atoms with E-state index in [-0.39, 0.29) is 17.6 Å². The van der Waals surface area contributed by atoms with Gasteiger partial charge >= 0.3 is 5.97 Å². The van der Waals surface area contributed by atoms with Gasteiger partial charge < -0.3 is 15.2 Å². The number of halogens is 1. The third-order valence-corrected chi connectivity index (χ3v) is 4.75. The van der Waals surface area contributed by atoms with Gasteiger partial charge in [-0.25, -0.2) is 9.78 Å². The molecule has 1 amide bonds. The molecular weight excluding hydrogens is 368 g/mol. The highest BCUT2D eigenvalue weighted by Crippen LogP contribution is 2.26. The third kappa shape index (κ3) is 5.20. The van der Waals surface area contributed by atoms with Gasteiger partial charge in [0.2, 0.25) is 5.88 Å². The van der Waals surface area contributed by atoms with Crippen molar-refractivity contribution in [1.82, 2.24) is 10.3 Å². The molecule has 0 atom stereocenters. The largest absolute Gasteiger partial charge is 0.478 e. The van der Waals surface area contributed by atoms with E-state index >= 15 is 0 Å². The summed E-state index contributed by atoms with van der Waals surface area (Å²) in [5.74, 6) is -0.937. The van der Waals surface area contributed by atoms with E-state index in [0.717, 1.165) is 31.2 Å². The summed E-state index contributed by atoms with van der Waals surface area (Å²) in [6, 6.07) is 8.15. The van der Waals surface area contributed by atoms with E-state index in [1.54, 1.807) is 30.3 Å². The molecule has 1 saturated carbocycles. The number of nitrogens with one attached hydrogen (secondary N) is 1. The lowest BCUT2D eigenvalue weighted by Gasteiger charge is -2.15. The van der Waals surface area contributed by atoms with Gasteiger partial charge in [-0.3, -0.25) is 4.79 Å². The molecule has 1 fully saturated rings. The van der Waals surface area contributed by atoms with E-state index in [9.17, 15) is 9.59 Å². The monoisotopic (exact) mass is 388 g/mol. The summed E-state index contributed by atoms with van der Waals surface area (Å²) in [6.45, 7) is 0.403. The van der Waals surface area contributed by atoms with Gasteiger partial charge in [-0.15, -0.1) is 0 Å². The highest BCUT2D eigenvalue weighted by Gasteiger charge is 2.21. The maximum atomic E-state index is 12.6. The Morgan fingerprint density at radius 2 is 1.93 bits per heavy atom. The van der Waals surface area contributed by atoms with Gasteiger partial charge in [0.15, 0.2) is 0 Å². The molecule has 2 aromatic rings. The summed E-state index contributed by atoms with van der Waals surface area (Å²) in [4.78, 5) is 27.6. The van der Waals surface area contributed by atoms with Crippen LogP contribution in [-0.4, -0.2) is 34.6 Å². The minimum absolute atomic E-state index is 0.0953. The predicted molar refractivity (Wildman–Crippen MR) is 102 cm³/mol. The number of pyridine rings is 1. The number of carboxylic acids is 1. The van der Waals surface area contributed by atoms with Crippen LogP contribution in [0.15, 0.2) is 36.5 Å². The normalized spacial score (nSPS) is 14.1. The van der Waals surface area contributed by atoms with Crippen LogP contribution in [0.2, 0.25) is 5.02 Å². The number of hydrogen-bond donors (Lipinski definition) is 2. The molecule has 0 bridgehead atoms. The minimum atomic E-state index is -0.960. The Morgan fingerprint density at radius 3 is 2.59 bits per heavy atom. The van der Waals surface area contributed by atoms with E-state index in [1.165, 1.54) is 6.20 Å². The molecule has 1 aromatic heterocycles. The first-order valence-electron chi connectivity index (χ1n) is 8.95. The van der Waals surface area contributed by atoms with Crippen LogP contribution in [0.4, 0.5) is 0 Å². The molecule has 7 heteroatoms. The van der Waals surface area contributed by atoms with Crippen LogP contribution < -0.4 is 10.1 Å². The standard InChI is InChI=1S/C20H21ClN2O4/c21-15-11-17(19(23-12-15)27-16-3-1-2-4-16)18(24)22-10-9-13-5-7-14(8-6-13)20(25)26/h5-8,11-12,16H,1-4,9-10H2,(H,22,24)(H,25,26). The highest BCUT2D eigenvalue weighted by atomic mass is 35.5. The maximum absolute atomic E-state index is 12.6. The zero-order valence-electron chi connectivity index (χ0n) is 14.8. The average Bonchev–Trinajstić information content (AvgIpc) is 3.16. The Kier molecular flexibility index (Phi) is 6.29. The number of benzene rings is 1. The second-order valence-corrected chi connectivity index (χ2v) is 6.97. The van der Waals surface area contributed by atoms with Crippen LogP contribution >= 0.6 is 11.6 Å². The molecule has 2 N–H and O–H groups in total. The Morgan fingerprint density at radius 1 is 1.22 bits per heavy atom. The van der Waals surface area contributed by atoms with Gasteiger partial charge in [0, 0.05) is 12.7 Å². The van der Waals surface area contributed by atoms with E-state index in [1.807, 2.05) is 0 Å². The molecule has 0 saturated heterocycles. The van der Waals surface area contributed by atoms with Gasteiger partial charge in [-0.2, -0.15) is 0 Å². The number of amides is 1. The summed E-state index contributed by atoms with van der Waals surface area (Å²) < 4.78 is 5.90. The van der Waals surface area contributed by atoms with Crippen LogP contribution in [-0.2, 0) is 6.42 Å². The molecule has 0 unspecified atom stereocenters. The van der Waals surface area contributed by atoms with Crippen molar-refractivity contribution in [2.75, 3.05) is 6.54 Å². The lowest BCUT2D eigenvalue weighted by molar-refractivity contribution is 0.0696. The molecule has 1 aromatic carbocycles. The summed E-state index contributed by atoms with van der Waals surface area (Å²) in [7, 11) is 0. The van der Waals surface area contributed by atoms with Gasteiger partial charge in [-0.1, -0.05) is 23.7 Å². The SMILES string of the molecule is O=C(O)c1ccc(CCNC(=O)c2cc(Cl)cnc2OC2CCCC2)cc1. The second-order valence-electron chi connectivity index (χ2n) is 6.54. The molecular formula is C20H21ClN2O4. The van der Waals surface area contributed by atoms with E-state index in [4.69, 9.17) is 21.4 Å². The number of carbonyl (C=O) groups excluding carboxylic acids is 1. The van der Waals surface area contributed by atoms with Crippen molar-refractivity contribution < 1.29 is 19.4 Å². The summed E-state index contributed by atoms with van der Waals surface area (Å²) in [6.07, 6.45) is 6.35. The average molecular weight is 389 g/mol. The van der Waals surface area contributed by atoms with Crippen molar-refractivity contribution in [2.24, 2.45) is 0 Å². The fourth-order valence-corrected chi connectivity index (χ4v) is 3.23. The molecule has 6 nitrogen and oxygen atoms in total. The maximum Gasteiger partial charge on any atom is 0.335 e. The summed E-state index contributed by atoms with van der Waals surface area (Å²) in [5.41, 5.74) is 1.50. The number of hydrogen-bond acceptors (Lipinski definition) is 4. The smallest absolute Gasteiger partial charge is 0.335 e. The van der Waals surface area contributed by atoms with Crippen LogP contribution in [0.3, 0.4) is 0 Å². The van der Waals surface area contributed by atoms with Crippen molar-refractivity contribution in [3.05, 3.63) is 58.2 Å². The quantitative estimate of drug-likeness (QED) is 0.754. The number of nitrogens with zero attached hydrogens (tertiary/aromatic N) is 1. The predicted octanol–water partition coefficient (Wildman–Crippen LogP) is 3.73. The zero-order chi connectivity index (χ0) is 19.2. The first-order valence-corrected chi connectivity index (χ1v) is 9.33. The Hall–Kier alpha value is -2.60. The molecule has 1 aliphatic rings. The topological polar surface area (TPSA) is 88.5 Å². The van der Waals surface area contributed by atoms with Crippen LogP contribution in [0, 0.1) is 0 Å². The minimum Gasteiger partial charge on any atom is -0.478 e. The van der Waals surface area contributed by atoms with E-state index in [2.05, 4.69) is 10.3 Å². The molecule has 142 valence electrons. The zero-order valence-corrected chi connectivity index (χ0v) is 15.5. The second kappa shape index (κ2) is 8.86. The van der Waals surface area contributed by atoms with Crippen molar-refractivity contribution in [1.29, 1.82) is 0 Å². The highest BCUT2D eigenvalue weighted by molar-refractivity contribution is 6.30. The molecule has 27 heavy (non-hydrogen) atoms. The first kappa shape index (κ1) is 19.2. The number of carboxylic acid groups (broad SMARTS) is 1. The fourth-order valence-electron chi connectivity index (χ4n) is 3.08. The molecule has 0 radical (unpaired) electrons. The van der Waals surface area contributed by atoms with Crippen molar-refractivity contribution >= 4 is 23.5 Å². The van der Waals surface area contributed by atoms with Gasteiger partial charge in [0.1, 0.15) is 11.7 Å². The molecule has 1 aliphatic carbocycles. The van der Waals surface area contributed by atoms with E-state index in [0.29, 0.717) is 29.4 Å². The van der Waals surface area contributed by atoms with Crippen LogP contribution in [0.5, 0.6) is 5.88 Å². The number of rotatable bonds is 7. The number of aromatic nitrogens is 1. The Balaban J connectivity index is 1.60. The lowest BCUT2D eigenvalue weighted by Crippen LogP contribution is -2.27. The molecule has 3 rings (SSSR count). The lowest BCUT2D eigenvalue weighted by atomic mass is 10.1.